The van der Waals surface area contributed by atoms with E-state index >= 15 is 0 Å². The molecule has 1 aromatic heterocycles. The first kappa shape index (κ1) is 22.7. The van der Waals surface area contributed by atoms with E-state index in [-0.39, 0.29) is 30.2 Å². The van der Waals surface area contributed by atoms with Gasteiger partial charge < -0.3 is 18.9 Å². The largest absolute Gasteiger partial charge is 0.451 e. The predicted molar refractivity (Wildman–Crippen MR) is 110 cm³/mol. The van der Waals surface area contributed by atoms with Crippen molar-refractivity contribution in [3.05, 3.63) is 28.6 Å². The number of hydrogen-bond acceptors (Lipinski definition) is 5. The van der Waals surface area contributed by atoms with E-state index in [1.54, 1.807) is 12.0 Å². The molecule has 0 aromatic carbocycles. The minimum atomic E-state index is -0.778. The molecule has 7 heteroatoms. The molecule has 2 heterocycles. The minimum absolute atomic E-state index is 0.121. The topological polar surface area (TPSA) is 84.6 Å². The number of likely N-dealkylation sites (tertiary alicyclic amines) is 1. The third-order valence-electron chi connectivity index (χ3n) is 5.58. The van der Waals surface area contributed by atoms with Gasteiger partial charge in [-0.15, -0.1) is 0 Å². The van der Waals surface area contributed by atoms with Crippen LogP contribution in [-0.2, 0) is 25.6 Å². The van der Waals surface area contributed by atoms with Crippen molar-refractivity contribution >= 4 is 18.0 Å². The van der Waals surface area contributed by atoms with Gasteiger partial charge in [0.25, 0.3) is 5.91 Å². The van der Waals surface area contributed by atoms with Gasteiger partial charge in [0.1, 0.15) is 11.6 Å². The first-order valence-corrected chi connectivity index (χ1v) is 10.1. The summed E-state index contributed by atoms with van der Waals surface area (Å²) >= 11 is 0. The lowest BCUT2D eigenvalue weighted by atomic mass is 9.97. The molecule has 0 spiro atoms. The van der Waals surface area contributed by atoms with Crippen molar-refractivity contribution in [3.8, 4) is 6.07 Å². The van der Waals surface area contributed by atoms with Gasteiger partial charge in [0, 0.05) is 37.1 Å². The highest BCUT2D eigenvalue weighted by Crippen LogP contribution is 2.23. The zero-order valence-corrected chi connectivity index (χ0v) is 18.0. The smallest absolute Gasteiger partial charge is 0.349 e. The maximum Gasteiger partial charge on any atom is 0.349 e. The fraction of sp³-hybridized carbons (Fsp3) is 0.591. The SMILES string of the molecule is COCCn1c(C)cc(/C=C(\C#N)C(=O)OCC(=O)N2[C@@H](C)CCC[C@@H]2C)c1C. The summed E-state index contributed by atoms with van der Waals surface area (Å²) < 4.78 is 12.4. The Hall–Kier alpha value is -2.59. The van der Waals surface area contributed by atoms with E-state index in [4.69, 9.17) is 9.47 Å². The number of esters is 1. The Kier molecular flexibility index (Phi) is 8.03. The molecule has 0 saturated carbocycles. The van der Waals surface area contributed by atoms with E-state index in [9.17, 15) is 14.9 Å². The number of methoxy groups -OCH3 is 1. The number of carbonyl (C=O) groups excluding carboxylic acids is 2. The van der Waals surface area contributed by atoms with Crippen LogP contribution in [0.1, 0.15) is 50.1 Å². The number of aryl methyl sites for hydroxylation is 1. The van der Waals surface area contributed by atoms with Crippen molar-refractivity contribution in [1.29, 1.82) is 5.26 Å². The standard InChI is InChI=1S/C22H31N3O4/c1-15-7-6-8-16(2)25(15)21(26)14-29-22(27)20(13-23)12-19-11-17(3)24(18(19)4)9-10-28-5/h11-12,15-16H,6-10,14H2,1-5H3/b20-12+/t15-,16-/m0/s1. The van der Waals surface area contributed by atoms with Gasteiger partial charge in [0.15, 0.2) is 6.61 Å². The van der Waals surface area contributed by atoms with Crippen LogP contribution in [0.3, 0.4) is 0 Å². The lowest BCUT2D eigenvalue weighted by Gasteiger charge is -2.38. The Balaban J connectivity index is 2.07. The molecule has 0 radical (unpaired) electrons. The lowest BCUT2D eigenvalue weighted by Crippen LogP contribution is -2.49. The summed E-state index contributed by atoms with van der Waals surface area (Å²) in [6, 6.07) is 4.08. The highest BCUT2D eigenvalue weighted by Gasteiger charge is 2.29. The quantitative estimate of drug-likeness (QED) is 0.398. The second-order valence-corrected chi connectivity index (χ2v) is 7.65. The Morgan fingerprint density at radius 3 is 2.52 bits per heavy atom. The number of nitrogens with zero attached hydrogens (tertiary/aromatic N) is 3. The summed E-state index contributed by atoms with van der Waals surface area (Å²) in [7, 11) is 1.64. The third-order valence-corrected chi connectivity index (χ3v) is 5.58. The first-order chi connectivity index (χ1) is 13.8. The van der Waals surface area contributed by atoms with Crippen molar-refractivity contribution in [2.75, 3.05) is 20.3 Å². The molecular formula is C22H31N3O4. The van der Waals surface area contributed by atoms with Crippen LogP contribution >= 0.6 is 0 Å². The highest BCUT2D eigenvalue weighted by molar-refractivity contribution is 5.99. The van der Waals surface area contributed by atoms with E-state index in [0.29, 0.717) is 13.2 Å². The fourth-order valence-corrected chi connectivity index (χ4v) is 3.99. The predicted octanol–water partition coefficient (Wildman–Crippen LogP) is 2.99. The maximum atomic E-state index is 12.5. The zero-order valence-electron chi connectivity index (χ0n) is 18.0. The van der Waals surface area contributed by atoms with Crippen LogP contribution in [-0.4, -0.2) is 53.8 Å². The van der Waals surface area contributed by atoms with Crippen LogP contribution in [0.2, 0.25) is 0 Å². The second kappa shape index (κ2) is 10.3. The molecule has 0 aliphatic carbocycles. The molecule has 0 unspecified atom stereocenters. The number of hydrogen-bond donors (Lipinski definition) is 0. The molecule has 1 fully saturated rings. The van der Waals surface area contributed by atoms with E-state index in [0.717, 1.165) is 36.2 Å². The monoisotopic (exact) mass is 401 g/mol. The molecule has 7 nitrogen and oxygen atoms in total. The molecule has 1 aromatic rings. The average Bonchev–Trinajstić information content (AvgIpc) is 2.95. The van der Waals surface area contributed by atoms with Crippen LogP contribution in [0, 0.1) is 25.2 Å². The molecule has 1 saturated heterocycles. The molecule has 2 atom stereocenters. The number of ether oxygens (including phenoxy) is 2. The molecular weight excluding hydrogens is 370 g/mol. The Morgan fingerprint density at radius 1 is 1.28 bits per heavy atom. The van der Waals surface area contributed by atoms with Crippen molar-refractivity contribution in [2.24, 2.45) is 0 Å². The summed E-state index contributed by atoms with van der Waals surface area (Å²) in [5, 5.41) is 9.42. The maximum absolute atomic E-state index is 12.5. The van der Waals surface area contributed by atoms with Crippen LogP contribution in [0.25, 0.3) is 6.08 Å². The summed E-state index contributed by atoms with van der Waals surface area (Å²) in [5.41, 5.74) is 2.60. The van der Waals surface area contributed by atoms with Crippen molar-refractivity contribution in [3.63, 3.8) is 0 Å². The van der Waals surface area contributed by atoms with Gasteiger partial charge >= 0.3 is 5.97 Å². The number of rotatable bonds is 7. The number of nitriles is 1. The Morgan fingerprint density at radius 2 is 1.93 bits per heavy atom. The Bertz CT molecular complexity index is 809. The summed E-state index contributed by atoms with van der Waals surface area (Å²) in [5.74, 6) is -0.993. The van der Waals surface area contributed by atoms with Crippen LogP contribution in [0.15, 0.2) is 11.6 Å². The van der Waals surface area contributed by atoms with Gasteiger partial charge in [-0.1, -0.05) is 0 Å². The van der Waals surface area contributed by atoms with Gasteiger partial charge in [-0.2, -0.15) is 5.26 Å². The summed E-state index contributed by atoms with van der Waals surface area (Å²) in [6.45, 7) is 8.82. The highest BCUT2D eigenvalue weighted by atomic mass is 16.5. The van der Waals surface area contributed by atoms with Gasteiger partial charge in [0.05, 0.1) is 6.61 Å². The van der Waals surface area contributed by atoms with Crippen molar-refractivity contribution in [2.45, 2.75) is 65.6 Å². The van der Waals surface area contributed by atoms with Crippen LogP contribution in [0.4, 0.5) is 0 Å². The van der Waals surface area contributed by atoms with Crippen molar-refractivity contribution in [1.82, 2.24) is 9.47 Å². The first-order valence-electron chi connectivity index (χ1n) is 10.1. The molecule has 1 amide bonds. The Labute approximate surface area is 172 Å². The van der Waals surface area contributed by atoms with Crippen LogP contribution < -0.4 is 0 Å². The summed E-state index contributed by atoms with van der Waals surface area (Å²) in [4.78, 5) is 26.7. The van der Waals surface area contributed by atoms with Crippen LogP contribution in [0.5, 0.6) is 0 Å². The zero-order chi connectivity index (χ0) is 21.6. The molecule has 29 heavy (non-hydrogen) atoms. The van der Waals surface area contributed by atoms with Gasteiger partial charge in [-0.05, 0) is 64.7 Å². The minimum Gasteiger partial charge on any atom is -0.451 e. The van der Waals surface area contributed by atoms with Crippen molar-refractivity contribution < 1.29 is 19.1 Å². The van der Waals surface area contributed by atoms with E-state index in [2.05, 4.69) is 4.57 Å². The molecule has 0 N–H and O–H groups in total. The normalized spacial score (nSPS) is 19.7. The summed E-state index contributed by atoms with van der Waals surface area (Å²) in [6.07, 6.45) is 4.51. The average molecular weight is 402 g/mol. The molecule has 2 rings (SSSR count). The van der Waals surface area contributed by atoms with Gasteiger partial charge in [0.2, 0.25) is 0 Å². The second-order valence-electron chi connectivity index (χ2n) is 7.65. The fourth-order valence-electron chi connectivity index (χ4n) is 3.99. The van der Waals surface area contributed by atoms with E-state index < -0.39 is 5.97 Å². The molecule has 1 aliphatic rings. The van der Waals surface area contributed by atoms with Gasteiger partial charge in [-0.3, -0.25) is 4.79 Å². The van der Waals surface area contributed by atoms with E-state index in [1.165, 1.54) is 6.08 Å². The van der Waals surface area contributed by atoms with E-state index in [1.807, 2.05) is 39.8 Å². The lowest BCUT2D eigenvalue weighted by molar-refractivity contribution is -0.151. The third kappa shape index (κ3) is 5.48. The molecule has 1 aliphatic heterocycles. The number of piperidine rings is 1. The molecule has 0 bridgehead atoms. The number of carbonyl (C=O) groups is 2. The number of amides is 1. The van der Waals surface area contributed by atoms with Gasteiger partial charge in [-0.25, -0.2) is 4.79 Å². The molecule has 158 valence electrons. The number of aromatic nitrogens is 1.